The summed E-state index contributed by atoms with van der Waals surface area (Å²) in [5.74, 6) is 0.476. The average molecular weight is 465 g/mol. The Morgan fingerprint density at radius 3 is 2.53 bits per heavy atom. The molecule has 2 aromatic carbocycles. The number of carbonyl (C=O) groups is 2. The van der Waals surface area contributed by atoms with E-state index < -0.39 is 0 Å². The van der Waals surface area contributed by atoms with Gasteiger partial charge in [0.05, 0.1) is 17.8 Å². The third-order valence-corrected chi connectivity index (χ3v) is 6.50. The van der Waals surface area contributed by atoms with Crippen LogP contribution in [-0.2, 0) is 6.54 Å². The highest BCUT2D eigenvalue weighted by molar-refractivity contribution is 8.00. The number of para-hydroxylation sites is 1. The highest BCUT2D eigenvalue weighted by Gasteiger charge is 2.18. The number of benzene rings is 2. The predicted molar refractivity (Wildman–Crippen MR) is 126 cm³/mol. The molecule has 4 aromatic rings. The number of aromatic nitrogens is 2. The van der Waals surface area contributed by atoms with E-state index in [-0.39, 0.29) is 18.4 Å². The van der Waals surface area contributed by atoms with Crippen LogP contribution in [0, 0.1) is 6.92 Å². The SMILES string of the molecule is CSc1nc(C(=O)NCc2nc(-c3ccccc3NC(=O)c3ccccc3)oc2C)cs1. The number of oxazole rings is 1. The Morgan fingerprint density at radius 2 is 1.78 bits per heavy atom. The second-order valence-corrected chi connectivity index (χ2v) is 8.68. The van der Waals surface area contributed by atoms with Gasteiger partial charge in [-0.3, -0.25) is 9.59 Å². The molecule has 0 fully saturated rings. The molecule has 2 heterocycles. The molecule has 0 spiro atoms. The molecule has 2 N–H and O–H groups in total. The second kappa shape index (κ2) is 9.80. The van der Waals surface area contributed by atoms with Crippen molar-refractivity contribution in [2.75, 3.05) is 11.6 Å². The molecule has 9 heteroatoms. The summed E-state index contributed by atoms with van der Waals surface area (Å²) < 4.78 is 6.69. The first-order valence-corrected chi connectivity index (χ1v) is 11.9. The summed E-state index contributed by atoms with van der Waals surface area (Å²) in [6, 6.07) is 16.3. The Morgan fingerprint density at radius 1 is 1.03 bits per heavy atom. The second-order valence-electron chi connectivity index (χ2n) is 6.77. The van der Waals surface area contributed by atoms with Crippen molar-refractivity contribution in [2.45, 2.75) is 17.8 Å². The number of amides is 2. The van der Waals surface area contributed by atoms with Gasteiger partial charge in [0, 0.05) is 10.9 Å². The zero-order valence-electron chi connectivity index (χ0n) is 17.4. The zero-order chi connectivity index (χ0) is 22.5. The van der Waals surface area contributed by atoms with E-state index in [9.17, 15) is 9.59 Å². The third-order valence-electron chi connectivity index (χ3n) is 4.64. The van der Waals surface area contributed by atoms with Gasteiger partial charge < -0.3 is 15.1 Å². The lowest BCUT2D eigenvalue weighted by Gasteiger charge is -2.08. The molecule has 7 nitrogen and oxygen atoms in total. The smallest absolute Gasteiger partial charge is 0.271 e. The molecule has 2 aromatic heterocycles. The number of anilines is 1. The number of hydrogen-bond acceptors (Lipinski definition) is 7. The first-order valence-electron chi connectivity index (χ1n) is 9.75. The number of aryl methyl sites for hydroxylation is 1. The van der Waals surface area contributed by atoms with E-state index >= 15 is 0 Å². The molecule has 0 radical (unpaired) electrons. The van der Waals surface area contributed by atoms with Gasteiger partial charge in [0.15, 0.2) is 0 Å². The molecule has 0 atom stereocenters. The minimum absolute atomic E-state index is 0.207. The summed E-state index contributed by atoms with van der Waals surface area (Å²) in [6.07, 6.45) is 1.92. The predicted octanol–water partition coefficient (Wildman–Crippen LogP) is 5.01. The number of thiazole rings is 1. The van der Waals surface area contributed by atoms with Gasteiger partial charge >= 0.3 is 0 Å². The fourth-order valence-electron chi connectivity index (χ4n) is 2.98. The first-order chi connectivity index (χ1) is 15.5. The fraction of sp³-hybridized carbons (Fsp3) is 0.130. The van der Waals surface area contributed by atoms with Crippen molar-refractivity contribution in [3.63, 3.8) is 0 Å². The molecule has 0 saturated carbocycles. The van der Waals surface area contributed by atoms with Crippen molar-refractivity contribution >= 4 is 40.6 Å². The van der Waals surface area contributed by atoms with Crippen molar-refractivity contribution in [2.24, 2.45) is 0 Å². The number of nitrogens with one attached hydrogen (secondary N) is 2. The fourth-order valence-corrected chi connectivity index (χ4v) is 4.22. The van der Waals surface area contributed by atoms with Crippen LogP contribution >= 0.6 is 23.1 Å². The van der Waals surface area contributed by atoms with Crippen LogP contribution in [0.25, 0.3) is 11.5 Å². The normalized spacial score (nSPS) is 10.7. The van der Waals surface area contributed by atoms with Gasteiger partial charge in [0.1, 0.15) is 21.5 Å². The molecule has 0 aliphatic rings. The molecular weight excluding hydrogens is 444 g/mol. The lowest BCUT2D eigenvalue weighted by Crippen LogP contribution is -2.23. The van der Waals surface area contributed by atoms with Gasteiger partial charge in [-0.2, -0.15) is 0 Å². The summed E-state index contributed by atoms with van der Waals surface area (Å²) in [5, 5.41) is 7.48. The van der Waals surface area contributed by atoms with E-state index in [1.165, 1.54) is 23.1 Å². The van der Waals surface area contributed by atoms with Crippen LogP contribution in [0.3, 0.4) is 0 Å². The topological polar surface area (TPSA) is 97.1 Å². The molecule has 162 valence electrons. The van der Waals surface area contributed by atoms with Crippen molar-refractivity contribution in [3.05, 3.63) is 82.7 Å². The number of hydrogen-bond donors (Lipinski definition) is 2. The van der Waals surface area contributed by atoms with Crippen LogP contribution in [0.2, 0.25) is 0 Å². The Bertz CT molecular complexity index is 1250. The minimum Gasteiger partial charge on any atom is -0.441 e. The number of carbonyl (C=O) groups excluding carboxylic acids is 2. The molecule has 32 heavy (non-hydrogen) atoms. The van der Waals surface area contributed by atoms with E-state index in [0.29, 0.717) is 39.9 Å². The van der Waals surface area contributed by atoms with Crippen LogP contribution in [-0.4, -0.2) is 28.0 Å². The van der Waals surface area contributed by atoms with Crippen molar-refractivity contribution in [1.29, 1.82) is 0 Å². The van der Waals surface area contributed by atoms with Crippen LogP contribution in [0.1, 0.15) is 32.3 Å². The van der Waals surface area contributed by atoms with Crippen LogP contribution in [0.4, 0.5) is 5.69 Å². The van der Waals surface area contributed by atoms with E-state index in [0.717, 1.165) is 4.34 Å². The summed E-state index contributed by atoms with van der Waals surface area (Å²) in [5.41, 5.74) is 2.79. The Balaban J connectivity index is 1.50. The number of nitrogens with zero attached hydrogens (tertiary/aromatic N) is 2. The van der Waals surface area contributed by atoms with Gasteiger partial charge in [-0.25, -0.2) is 9.97 Å². The summed E-state index contributed by atoms with van der Waals surface area (Å²) in [7, 11) is 0. The van der Waals surface area contributed by atoms with Crippen molar-refractivity contribution in [3.8, 4) is 11.5 Å². The van der Waals surface area contributed by atoms with E-state index in [2.05, 4.69) is 20.6 Å². The van der Waals surface area contributed by atoms with Crippen LogP contribution in [0.15, 0.2) is 68.7 Å². The molecule has 4 rings (SSSR count). The lowest BCUT2D eigenvalue weighted by molar-refractivity contribution is 0.0945. The van der Waals surface area contributed by atoms with Crippen molar-refractivity contribution in [1.82, 2.24) is 15.3 Å². The molecule has 0 bridgehead atoms. The van der Waals surface area contributed by atoms with Gasteiger partial charge in [-0.15, -0.1) is 11.3 Å². The molecular formula is C23H20N4O3S2. The maximum Gasteiger partial charge on any atom is 0.271 e. The van der Waals surface area contributed by atoms with Gasteiger partial charge in [-0.1, -0.05) is 42.1 Å². The number of rotatable bonds is 7. The summed E-state index contributed by atoms with van der Waals surface area (Å²) in [6.45, 7) is 2.00. The van der Waals surface area contributed by atoms with Gasteiger partial charge in [0.2, 0.25) is 5.89 Å². The van der Waals surface area contributed by atoms with Gasteiger partial charge in [0.25, 0.3) is 11.8 Å². The Labute approximate surface area is 193 Å². The quantitative estimate of drug-likeness (QED) is 0.373. The molecule has 0 aliphatic heterocycles. The molecule has 0 unspecified atom stereocenters. The highest BCUT2D eigenvalue weighted by atomic mass is 32.2. The maximum absolute atomic E-state index is 12.6. The maximum atomic E-state index is 12.6. The first kappa shape index (κ1) is 21.8. The molecule has 2 amide bonds. The van der Waals surface area contributed by atoms with Crippen molar-refractivity contribution < 1.29 is 14.0 Å². The summed E-state index contributed by atoms with van der Waals surface area (Å²) in [4.78, 5) is 33.8. The van der Waals surface area contributed by atoms with E-state index in [4.69, 9.17) is 4.42 Å². The third kappa shape index (κ3) is 4.90. The average Bonchev–Trinajstić information content (AvgIpc) is 3.45. The minimum atomic E-state index is -0.263. The number of thioether (sulfide) groups is 1. The van der Waals surface area contributed by atoms with E-state index in [1.54, 1.807) is 30.5 Å². The molecule has 0 aliphatic carbocycles. The van der Waals surface area contributed by atoms with Crippen LogP contribution < -0.4 is 10.6 Å². The zero-order valence-corrected chi connectivity index (χ0v) is 19.0. The van der Waals surface area contributed by atoms with Gasteiger partial charge in [-0.05, 0) is 37.4 Å². The Kier molecular flexibility index (Phi) is 6.67. The highest BCUT2D eigenvalue weighted by Crippen LogP contribution is 2.29. The lowest BCUT2D eigenvalue weighted by atomic mass is 10.1. The summed E-state index contributed by atoms with van der Waals surface area (Å²) >= 11 is 2.93. The Hall–Kier alpha value is -3.43. The largest absolute Gasteiger partial charge is 0.441 e. The standard InChI is InChI=1S/C23H20N4O3S2/c1-14-18(12-24-21(29)19-13-32-23(27-19)31-2)26-22(30-14)16-10-6-7-11-17(16)25-20(28)15-8-4-3-5-9-15/h3-11,13H,12H2,1-2H3,(H,24,29)(H,25,28). The monoisotopic (exact) mass is 464 g/mol. The van der Waals surface area contributed by atoms with Crippen LogP contribution in [0.5, 0.6) is 0 Å². The molecule has 0 saturated heterocycles. The van der Waals surface area contributed by atoms with E-state index in [1.807, 2.05) is 42.7 Å².